The van der Waals surface area contributed by atoms with Gasteiger partial charge in [-0.15, -0.1) is 0 Å². The predicted molar refractivity (Wildman–Crippen MR) is 225 cm³/mol. The summed E-state index contributed by atoms with van der Waals surface area (Å²) < 4.78 is 14.6. The normalized spacial score (nSPS) is 20.8. The van der Waals surface area contributed by atoms with Crippen molar-refractivity contribution in [3.8, 4) is 0 Å². The summed E-state index contributed by atoms with van der Waals surface area (Å²) in [5.41, 5.74) is 4.98. The number of nitrogens with zero attached hydrogens (tertiary/aromatic N) is 5. The molecule has 0 aliphatic carbocycles. The zero-order valence-corrected chi connectivity index (χ0v) is 34.7. The fourth-order valence-corrected chi connectivity index (χ4v) is 8.87. The van der Waals surface area contributed by atoms with Crippen molar-refractivity contribution in [2.45, 2.75) is 70.0 Å². The third-order valence-electron chi connectivity index (χ3n) is 12.4. The number of benzene rings is 3. The molecule has 1 unspecified atom stereocenters. The third kappa shape index (κ3) is 9.52. The zero-order chi connectivity index (χ0) is 42.5. The Labute approximate surface area is 350 Å². The number of likely N-dealkylation sites (tertiary alicyclic amines) is 1. The van der Waals surface area contributed by atoms with Gasteiger partial charge >= 0.3 is 0 Å². The van der Waals surface area contributed by atoms with Crippen LogP contribution in [-0.2, 0) is 25.7 Å². The number of amides is 6. The highest BCUT2D eigenvalue weighted by Crippen LogP contribution is 2.34. The number of unbranched alkanes of at least 4 members (excludes halogenated alkanes) is 2. The lowest BCUT2D eigenvalue weighted by Crippen LogP contribution is -2.54. The summed E-state index contributed by atoms with van der Waals surface area (Å²) in [6.07, 6.45) is 2.85. The Morgan fingerprint density at radius 2 is 1.63 bits per heavy atom. The van der Waals surface area contributed by atoms with E-state index in [9.17, 15) is 33.2 Å². The molecule has 3 fully saturated rings. The Hall–Kier alpha value is -5.67. The van der Waals surface area contributed by atoms with Crippen molar-refractivity contribution in [3.63, 3.8) is 0 Å². The summed E-state index contributed by atoms with van der Waals surface area (Å²) in [6, 6.07) is 18.0. The van der Waals surface area contributed by atoms with E-state index in [-0.39, 0.29) is 48.1 Å². The van der Waals surface area contributed by atoms with Crippen molar-refractivity contribution in [1.29, 1.82) is 0 Å². The summed E-state index contributed by atoms with van der Waals surface area (Å²) >= 11 is 0. The average molecular weight is 823 g/mol. The van der Waals surface area contributed by atoms with E-state index >= 15 is 0 Å². The average Bonchev–Trinajstić information content (AvgIpc) is 3.77. The van der Waals surface area contributed by atoms with E-state index in [1.165, 1.54) is 17.7 Å². The van der Waals surface area contributed by atoms with Crippen LogP contribution in [0, 0.1) is 12.7 Å². The molecule has 0 bridgehead atoms. The minimum absolute atomic E-state index is 0.0409. The van der Waals surface area contributed by atoms with Gasteiger partial charge in [-0.3, -0.25) is 43.9 Å². The summed E-state index contributed by atoms with van der Waals surface area (Å²) in [7, 11) is 4.23. The number of carbonyl (C=O) groups excluding carboxylic acids is 6. The highest BCUT2D eigenvalue weighted by molar-refractivity contribution is 6.23. The number of aryl methyl sites for hydroxylation is 1. The SMILES string of the molecule is Cc1cccc(F)c1CN1C[C@H](c2ccc(N3CCN(C(=O)CCCCCNC(=O)CNc4ccc5c(c4)C(=O)N(C4CCC(=O)NC4=O)C5=O)CC3)cc2)[C@@H](N(C)C)C1. The van der Waals surface area contributed by atoms with Crippen molar-refractivity contribution < 1.29 is 33.2 Å². The minimum atomic E-state index is -1.04. The fourth-order valence-electron chi connectivity index (χ4n) is 8.87. The van der Waals surface area contributed by atoms with Crippen molar-refractivity contribution >= 4 is 46.8 Å². The number of piperazine rings is 1. The van der Waals surface area contributed by atoms with Crippen molar-refractivity contribution in [2.24, 2.45) is 0 Å². The van der Waals surface area contributed by atoms with Gasteiger partial charge in [0.25, 0.3) is 11.8 Å². The van der Waals surface area contributed by atoms with Gasteiger partial charge < -0.3 is 25.3 Å². The lowest BCUT2D eigenvalue weighted by atomic mass is 9.93. The number of anilines is 2. The number of imide groups is 2. The topological polar surface area (TPSA) is 155 Å². The Balaban J connectivity index is 0.779. The van der Waals surface area contributed by atoms with Gasteiger partial charge in [-0.1, -0.05) is 30.7 Å². The first-order valence-electron chi connectivity index (χ1n) is 21.0. The maximum absolute atomic E-state index is 14.6. The second-order valence-corrected chi connectivity index (χ2v) is 16.5. The molecule has 3 aromatic carbocycles. The lowest BCUT2D eigenvalue weighted by molar-refractivity contribution is -0.136. The van der Waals surface area contributed by atoms with Crippen molar-refractivity contribution in [3.05, 3.63) is 94.3 Å². The quantitative estimate of drug-likeness (QED) is 0.153. The molecule has 14 nitrogen and oxygen atoms in total. The van der Waals surface area contributed by atoms with E-state index in [2.05, 4.69) is 69.0 Å². The molecule has 4 heterocycles. The number of hydrogen-bond acceptors (Lipinski definition) is 10. The van der Waals surface area contributed by atoms with E-state index in [1.807, 2.05) is 17.9 Å². The number of fused-ring (bicyclic) bond motifs is 1. The first kappa shape index (κ1) is 42.5. The van der Waals surface area contributed by atoms with Gasteiger partial charge in [0.2, 0.25) is 23.6 Å². The molecular weight excluding hydrogens is 768 g/mol. The van der Waals surface area contributed by atoms with Crippen LogP contribution in [-0.4, -0.2) is 134 Å². The molecule has 0 saturated carbocycles. The molecule has 0 aromatic heterocycles. The first-order valence-corrected chi connectivity index (χ1v) is 21.0. The van der Waals surface area contributed by atoms with Crippen molar-refractivity contribution in [1.82, 2.24) is 30.2 Å². The predicted octanol–water partition coefficient (Wildman–Crippen LogP) is 3.50. The standard InChI is InChI=1S/C45H55FN8O6/c1-29-8-7-9-37(46)35(29)26-51-27-36(39(28-51)50(2)3)30-11-14-32(15-12-30)52-20-22-53(23-21-52)42(57)10-5-4-6-19-47-41(56)25-48-31-13-16-33-34(24-31)45(60)54(44(33)59)38-17-18-40(55)49-43(38)58/h7-9,11-16,24,36,38-39,48H,4-6,10,17-23,25-28H2,1-3H3,(H,47,56)(H,49,55,58)/t36-,38?,39+/m1/s1. The van der Waals surface area contributed by atoms with Crippen LogP contribution in [0.4, 0.5) is 15.8 Å². The largest absolute Gasteiger partial charge is 0.376 e. The molecule has 0 spiro atoms. The van der Waals surface area contributed by atoms with Crippen LogP contribution < -0.4 is 20.9 Å². The Kier molecular flexibility index (Phi) is 13.2. The van der Waals surface area contributed by atoms with E-state index < -0.39 is 29.7 Å². The van der Waals surface area contributed by atoms with E-state index in [4.69, 9.17) is 0 Å². The molecule has 3 atom stereocenters. The third-order valence-corrected chi connectivity index (χ3v) is 12.4. The van der Waals surface area contributed by atoms with Crippen LogP contribution in [0.5, 0.6) is 0 Å². The molecule has 3 N–H and O–H groups in total. The molecule has 60 heavy (non-hydrogen) atoms. The van der Waals surface area contributed by atoms with Gasteiger partial charge in [0.05, 0.1) is 17.7 Å². The van der Waals surface area contributed by atoms with E-state index in [0.717, 1.165) is 67.2 Å². The van der Waals surface area contributed by atoms with Crippen LogP contribution in [0.25, 0.3) is 0 Å². The second-order valence-electron chi connectivity index (χ2n) is 16.5. The van der Waals surface area contributed by atoms with Gasteiger partial charge in [-0.25, -0.2) is 4.39 Å². The number of rotatable bonds is 15. The summed E-state index contributed by atoms with van der Waals surface area (Å²) in [5, 5.41) is 8.03. The molecular formula is C45H55FN8O6. The summed E-state index contributed by atoms with van der Waals surface area (Å²) in [4.78, 5) is 85.2. The molecule has 3 aromatic rings. The number of nitrogens with one attached hydrogen (secondary N) is 3. The Bertz CT molecular complexity index is 2100. The highest BCUT2D eigenvalue weighted by atomic mass is 19.1. The number of piperidine rings is 1. The van der Waals surface area contributed by atoms with E-state index in [0.29, 0.717) is 50.2 Å². The Morgan fingerprint density at radius 3 is 2.35 bits per heavy atom. The highest BCUT2D eigenvalue weighted by Gasteiger charge is 2.44. The van der Waals surface area contributed by atoms with Crippen molar-refractivity contribution in [2.75, 3.05) is 76.7 Å². The fraction of sp³-hybridized carbons (Fsp3) is 0.467. The van der Waals surface area contributed by atoms with Gasteiger partial charge in [0, 0.05) is 94.1 Å². The van der Waals surface area contributed by atoms with Crippen LogP contribution >= 0.6 is 0 Å². The molecule has 4 aliphatic rings. The van der Waals surface area contributed by atoms with E-state index in [1.54, 1.807) is 18.2 Å². The summed E-state index contributed by atoms with van der Waals surface area (Å²) in [5.74, 6) is -2.21. The molecule has 6 amide bonds. The van der Waals surface area contributed by atoms with Crippen LogP contribution in [0.2, 0.25) is 0 Å². The minimum Gasteiger partial charge on any atom is -0.376 e. The van der Waals surface area contributed by atoms with Gasteiger partial charge in [0.1, 0.15) is 11.9 Å². The molecule has 7 rings (SSSR count). The number of likely N-dealkylation sites (N-methyl/N-ethyl adjacent to an activating group) is 1. The van der Waals surface area contributed by atoms with Gasteiger partial charge in [-0.05, 0) is 87.8 Å². The first-order chi connectivity index (χ1) is 28.9. The second kappa shape index (κ2) is 18.7. The Morgan fingerprint density at radius 1 is 0.883 bits per heavy atom. The number of carbonyl (C=O) groups is 6. The smallest absolute Gasteiger partial charge is 0.262 e. The summed E-state index contributed by atoms with van der Waals surface area (Å²) in [6.45, 7) is 7.63. The van der Waals surface area contributed by atoms with Crippen LogP contribution in [0.1, 0.15) is 81.8 Å². The zero-order valence-electron chi connectivity index (χ0n) is 34.7. The maximum atomic E-state index is 14.6. The number of halogens is 1. The molecule has 15 heteroatoms. The van der Waals surface area contributed by atoms with Crippen LogP contribution in [0.3, 0.4) is 0 Å². The molecule has 318 valence electrons. The van der Waals surface area contributed by atoms with Gasteiger partial charge in [-0.2, -0.15) is 0 Å². The maximum Gasteiger partial charge on any atom is 0.262 e. The lowest BCUT2D eigenvalue weighted by Gasteiger charge is -2.36. The molecule has 4 aliphatic heterocycles. The van der Waals surface area contributed by atoms with Crippen LogP contribution in [0.15, 0.2) is 60.7 Å². The molecule has 0 radical (unpaired) electrons. The number of hydrogen-bond donors (Lipinski definition) is 3. The molecule has 3 saturated heterocycles. The monoisotopic (exact) mass is 822 g/mol. The van der Waals surface area contributed by atoms with Gasteiger partial charge in [0.15, 0.2) is 0 Å².